The van der Waals surface area contributed by atoms with Crippen LogP contribution in [-0.2, 0) is 5.88 Å². The number of fused-ring (bicyclic) bond motifs is 1. The Morgan fingerprint density at radius 3 is 2.94 bits per heavy atom. The Labute approximate surface area is 118 Å². The summed E-state index contributed by atoms with van der Waals surface area (Å²) in [6, 6.07) is 0. The standard InChI is InChI=1S/C11H14ClI2N2/c1-11(14(2)13)4-3-10-15-9(7-12)8-16(10)6-5-11/h3-6,8,13H,7H2,1-2H3/q+1. The Morgan fingerprint density at radius 1 is 1.56 bits per heavy atom. The van der Waals surface area contributed by atoms with Crippen molar-refractivity contribution in [1.29, 1.82) is 0 Å². The molecule has 1 aromatic heterocycles. The number of halogens is 3. The molecular formula is C11H14ClI2N2+. The number of hydrogen-bond donors (Lipinski definition) is 0. The molecule has 1 aliphatic heterocycles. The third-order valence-electron chi connectivity index (χ3n) is 2.64. The van der Waals surface area contributed by atoms with Gasteiger partial charge in [-0.15, -0.1) is 0 Å². The van der Waals surface area contributed by atoms with Crippen LogP contribution in [0.1, 0.15) is 18.4 Å². The number of hydrogen-bond acceptors (Lipinski definition) is 1. The monoisotopic (exact) mass is 463 g/mol. The summed E-state index contributed by atoms with van der Waals surface area (Å²) in [7, 11) is 0. The van der Waals surface area contributed by atoms with Crippen LogP contribution in [0.5, 0.6) is 0 Å². The predicted molar refractivity (Wildman–Crippen MR) is 75.9 cm³/mol. The van der Waals surface area contributed by atoms with Crippen molar-refractivity contribution in [3.63, 3.8) is 0 Å². The molecule has 88 valence electrons. The van der Waals surface area contributed by atoms with Crippen molar-refractivity contribution in [2.75, 3.05) is 4.93 Å². The van der Waals surface area contributed by atoms with E-state index in [1.165, 1.54) is 0 Å². The van der Waals surface area contributed by atoms with Crippen LogP contribution in [0.15, 0.2) is 18.3 Å². The zero-order chi connectivity index (χ0) is 11.8. The van der Waals surface area contributed by atoms with Gasteiger partial charge in [-0.1, -0.05) is 0 Å². The van der Waals surface area contributed by atoms with E-state index in [1.54, 1.807) is 0 Å². The molecule has 0 aromatic carbocycles. The van der Waals surface area contributed by atoms with E-state index in [1.807, 2.05) is 6.20 Å². The maximum absolute atomic E-state index is 5.78. The van der Waals surface area contributed by atoms with Crippen molar-refractivity contribution < 1.29 is 18.6 Å². The van der Waals surface area contributed by atoms with Gasteiger partial charge in [-0.25, -0.2) is 0 Å². The average molecular weight is 464 g/mol. The van der Waals surface area contributed by atoms with Crippen molar-refractivity contribution in [2.45, 2.75) is 16.2 Å². The summed E-state index contributed by atoms with van der Waals surface area (Å²) in [4.78, 5) is 6.86. The normalized spacial score (nSPS) is 24.1. The molecule has 5 heteroatoms. The van der Waals surface area contributed by atoms with E-state index >= 15 is 0 Å². The first-order chi connectivity index (χ1) is 7.55. The summed E-state index contributed by atoms with van der Waals surface area (Å²) in [5, 5.41) is 0. The fourth-order valence-electron chi connectivity index (χ4n) is 1.46. The summed E-state index contributed by atoms with van der Waals surface area (Å²) in [5.74, 6) is 1.45. The van der Waals surface area contributed by atoms with E-state index in [0.717, 1.165) is 11.5 Å². The van der Waals surface area contributed by atoms with Gasteiger partial charge in [0.15, 0.2) is 0 Å². The molecule has 1 aromatic rings. The number of nitrogens with zero attached hydrogens (tertiary/aromatic N) is 2. The zero-order valence-electron chi connectivity index (χ0n) is 9.15. The molecule has 0 aliphatic carbocycles. The Hall–Kier alpha value is 0.440. The minimum absolute atomic E-state index is 0.260. The summed E-state index contributed by atoms with van der Waals surface area (Å²) in [6.45, 7) is 2.31. The van der Waals surface area contributed by atoms with E-state index in [9.17, 15) is 0 Å². The average Bonchev–Trinajstić information content (AvgIpc) is 2.59. The van der Waals surface area contributed by atoms with Crippen LogP contribution in [0.3, 0.4) is 0 Å². The van der Waals surface area contributed by atoms with Crippen molar-refractivity contribution in [2.24, 2.45) is 0 Å². The first kappa shape index (κ1) is 12.9. The summed E-state index contributed by atoms with van der Waals surface area (Å²) < 4.78 is 2.32. The van der Waals surface area contributed by atoms with Gasteiger partial charge in [0.2, 0.25) is 0 Å². The second-order valence-electron chi connectivity index (χ2n) is 3.85. The van der Waals surface area contributed by atoms with Crippen LogP contribution < -0.4 is 18.6 Å². The summed E-state index contributed by atoms with van der Waals surface area (Å²) >= 11 is 7.17. The van der Waals surface area contributed by atoms with Crippen molar-refractivity contribution in [3.8, 4) is 0 Å². The Balaban J connectivity index is 2.39. The van der Waals surface area contributed by atoms with Crippen LogP contribution in [0.2, 0.25) is 0 Å². The molecule has 16 heavy (non-hydrogen) atoms. The molecule has 0 bridgehead atoms. The molecule has 1 atom stereocenters. The van der Waals surface area contributed by atoms with Crippen molar-refractivity contribution in [1.82, 2.24) is 9.55 Å². The Morgan fingerprint density at radius 2 is 2.31 bits per heavy atom. The molecule has 2 rings (SSSR count). The van der Waals surface area contributed by atoms with Crippen molar-refractivity contribution >= 4 is 39.7 Å². The molecule has 0 N–H and O–H groups in total. The second kappa shape index (κ2) is 4.97. The fraction of sp³-hybridized carbons (Fsp3) is 0.364. The van der Waals surface area contributed by atoms with E-state index in [0.29, 0.717) is 5.88 Å². The predicted octanol–water partition coefficient (Wildman–Crippen LogP) is 0.215. The van der Waals surface area contributed by atoms with Crippen LogP contribution in [0.25, 0.3) is 12.3 Å². The zero-order valence-corrected chi connectivity index (χ0v) is 14.4. The van der Waals surface area contributed by atoms with E-state index < -0.39 is 15.8 Å². The first-order valence-corrected chi connectivity index (χ1v) is 15.4. The van der Waals surface area contributed by atoms with Gasteiger partial charge < -0.3 is 0 Å². The van der Waals surface area contributed by atoms with Crippen LogP contribution in [0, 0.1) is 0 Å². The number of alkyl halides is 3. The van der Waals surface area contributed by atoms with E-state index in [-0.39, 0.29) is 3.42 Å². The molecule has 0 spiro atoms. The van der Waals surface area contributed by atoms with Crippen molar-refractivity contribution in [3.05, 3.63) is 29.9 Å². The maximum atomic E-state index is 5.78. The van der Waals surface area contributed by atoms with Gasteiger partial charge in [0.1, 0.15) is 0 Å². The van der Waals surface area contributed by atoms with Crippen LogP contribution in [-0.4, -0.2) is 17.9 Å². The summed E-state index contributed by atoms with van der Waals surface area (Å²) in [6.07, 6.45) is 10.8. The topological polar surface area (TPSA) is 17.8 Å². The minimum atomic E-state index is -0.922. The number of rotatable bonds is 2. The number of imidazole rings is 1. The van der Waals surface area contributed by atoms with Gasteiger partial charge in [-0.2, -0.15) is 0 Å². The van der Waals surface area contributed by atoms with Crippen LogP contribution in [0.4, 0.5) is 0 Å². The summed E-state index contributed by atoms with van der Waals surface area (Å²) in [5.41, 5.74) is 0.929. The van der Waals surface area contributed by atoms with Crippen LogP contribution >= 0.6 is 27.4 Å². The molecule has 2 nitrogen and oxygen atoms in total. The molecule has 0 fully saturated rings. The SMILES string of the molecule is CI([IH+])C1(C)C=Cc2nc(CCl)cn2C=C1. The van der Waals surface area contributed by atoms with Gasteiger partial charge in [0.05, 0.1) is 0 Å². The third-order valence-corrected chi connectivity index (χ3v) is 13.3. The van der Waals surface area contributed by atoms with Gasteiger partial charge in [0, 0.05) is 0 Å². The van der Waals surface area contributed by atoms with E-state index in [4.69, 9.17) is 11.6 Å². The van der Waals surface area contributed by atoms with Gasteiger partial charge in [-0.05, 0) is 0 Å². The number of allylic oxidation sites excluding steroid dienone is 2. The van der Waals surface area contributed by atoms with E-state index in [2.05, 4.69) is 64.4 Å². The molecule has 0 saturated carbocycles. The fourth-order valence-corrected chi connectivity index (χ4v) is 4.92. The third kappa shape index (κ3) is 2.48. The molecule has 0 radical (unpaired) electrons. The Kier molecular flexibility index (Phi) is 4.01. The molecule has 1 unspecified atom stereocenters. The Bertz CT molecular complexity index is 417. The van der Waals surface area contributed by atoms with Gasteiger partial charge in [0.25, 0.3) is 0 Å². The quantitative estimate of drug-likeness (QED) is 0.453. The molecule has 0 saturated heterocycles. The first-order valence-electron chi connectivity index (χ1n) is 4.85. The molecule has 1 aliphatic rings. The van der Waals surface area contributed by atoms with Gasteiger partial charge in [-0.3, -0.25) is 0 Å². The molecule has 0 amide bonds. The molecule has 2 heterocycles. The molecular weight excluding hydrogens is 449 g/mol. The number of aromatic nitrogens is 2. The second-order valence-corrected chi connectivity index (χ2v) is 17.7. The van der Waals surface area contributed by atoms with Gasteiger partial charge >= 0.3 is 119 Å².